The fraction of sp³-hybridized carbons (Fsp3) is 0.409. The van der Waals surface area contributed by atoms with Gasteiger partial charge < -0.3 is 10.6 Å². The Hall–Kier alpha value is -1.88. The van der Waals surface area contributed by atoms with E-state index in [4.69, 9.17) is 11.6 Å². The van der Waals surface area contributed by atoms with Crippen LogP contribution in [0.4, 0.5) is 0 Å². The Kier molecular flexibility index (Phi) is 6.89. The second-order valence-electron chi connectivity index (χ2n) is 7.50. The molecule has 1 aliphatic heterocycles. The van der Waals surface area contributed by atoms with Crippen molar-refractivity contribution in [3.8, 4) is 0 Å². The lowest BCUT2D eigenvalue weighted by atomic mass is 10.1. The minimum absolute atomic E-state index is 0.114. The third-order valence-corrected chi connectivity index (χ3v) is 5.27. The molecule has 0 saturated carbocycles. The zero-order valence-corrected chi connectivity index (χ0v) is 16.7. The van der Waals surface area contributed by atoms with Crippen molar-refractivity contribution in [1.29, 1.82) is 0 Å². The molecule has 4 nitrogen and oxygen atoms in total. The van der Waals surface area contributed by atoms with Crippen LogP contribution < -0.4 is 10.6 Å². The largest absolute Gasteiger partial charge is 0.353 e. The van der Waals surface area contributed by atoms with Gasteiger partial charge in [-0.25, -0.2) is 0 Å². The highest BCUT2D eigenvalue weighted by Gasteiger charge is 2.36. The Labute approximate surface area is 166 Å². The van der Waals surface area contributed by atoms with Gasteiger partial charge in [0.15, 0.2) is 0 Å². The van der Waals surface area contributed by atoms with E-state index < -0.39 is 0 Å². The minimum atomic E-state index is -0.114. The maximum atomic E-state index is 12.7. The van der Waals surface area contributed by atoms with Crippen LogP contribution in [0.25, 0.3) is 0 Å². The molecule has 2 atom stereocenters. The molecule has 0 bridgehead atoms. The van der Waals surface area contributed by atoms with Gasteiger partial charge in [0.2, 0.25) is 5.91 Å². The van der Waals surface area contributed by atoms with Crippen LogP contribution in [0.5, 0.6) is 0 Å². The average molecular weight is 386 g/mol. The number of benzene rings is 2. The van der Waals surface area contributed by atoms with Crippen molar-refractivity contribution >= 4 is 17.5 Å². The van der Waals surface area contributed by atoms with Gasteiger partial charge in [-0.2, -0.15) is 0 Å². The SMILES string of the molecule is CC(C)NC(=O)[C@@H]1C[C@@H](NCc2ccccc2Cl)CN1Cc1ccccc1. The summed E-state index contributed by atoms with van der Waals surface area (Å²) in [6.45, 7) is 6.34. The van der Waals surface area contributed by atoms with E-state index in [2.05, 4.69) is 27.7 Å². The summed E-state index contributed by atoms with van der Waals surface area (Å²) in [5, 5.41) is 7.44. The number of likely N-dealkylation sites (tertiary alicyclic amines) is 1. The van der Waals surface area contributed by atoms with E-state index in [1.807, 2.05) is 56.3 Å². The van der Waals surface area contributed by atoms with Gasteiger partial charge in [0.1, 0.15) is 0 Å². The molecule has 0 spiro atoms. The standard InChI is InChI=1S/C22H28ClN3O/c1-16(2)25-22(27)21-12-19(24-13-18-10-6-7-11-20(18)23)15-26(21)14-17-8-4-3-5-9-17/h3-11,16,19,21,24H,12-15H2,1-2H3,(H,25,27)/t19-,21+/m1/s1. The molecule has 27 heavy (non-hydrogen) atoms. The zero-order valence-electron chi connectivity index (χ0n) is 16.0. The summed E-state index contributed by atoms with van der Waals surface area (Å²) in [6, 6.07) is 18.5. The predicted octanol–water partition coefficient (Wildman–Crippen LogP) is 3.60. The Morgan fingerprint density at radius 2 is 1.85 bits per heavy atom. The third-order valence-electron chi connectivity index (χ3n) is 4.90. The van der Waals surface area contributed by atoms with Crippen LogP contribution in [0.1, 0.15) is 31.4 Å². The van der Waals surface area contributed by atoms with E-state index in [1.54, 1.807) is 0 Å². The summed E-state index contributed by atoms with van der Waals surface area (Å²) in [5.41, 5.74) is 2.32. The summed E-state index contributed by atoms with van der Waals surface area (Å²) in [6.07, 6.45) is 0.801. The molecule has 1 saturated heterocycles. The van der Waals surface area contributed by atoms with Gasteiger partial charge in [-0.1, -0.05) is 60.1 Å². The van der Waals surface area contributed by atoms with Crippen LogP contribution in [-0.2, 0) is 17.9 Å². The molecule has 2 aromatic carbocycles. The van der Waals surface area contributed by atoms with Gasteiger partial charge in [-0.3, -0.25) is 9.69 Å². The van der Waals surface area contributed by atoms with Crippen molar-refractivity contribution in [1.82, 2.24) is 15.5 Å². The molecule has 3 rings (SSSR count). The minimum Gasteiger partial charge on any atom is -0.353 e. The summed E-state index contributed by atoms with van der Waals surface area (Å²) >= 11 is 6.27. The topological polar surface area (TPSA) is 44.4 Å². The lowest BCUT2D eigenvalue weighted by Crippen LogP contribution is -2.45. The molecule has 1 aliphatic rings. The molecule has 5 heteroatoms. The first-order valence-corrected chi connectivity index (χ1v) is 9.96. The fourth-order valence-electron chi connectivity index (χ4n) is 3.59. The quantitative estimate of drug-likeness (QED) is 0.765. The highest BCUT2D eigenvalue weighted by atomic mass is 35.5. The Morgan fingerprint density at radius 1 is 1.15 bits per heavy atom. The number of nitrogens with zero attached hydrogens (tertiary/aromatic N) is 1. The predicted molar refractivity (Wildman–Crippen MR) is 111 cm³/mol. The highest BCUT2D eigenvalue weighted by Crippen LogP contribution is 2.22. The maximum absolute atomic E-state index is 12.7. The molecular formula is C22H28ClN3O. The molecule has 1 amide bonds. The molecule has 0 unspecified atom stereocenters. The number of nitrogens with one attached hydrogen (secondary N) is 2. The van der Waals surface area contributed by atoms with Gasteiger partial charge in [0.25, 0.3) is 0 Å². The fourth-order valence-corrected chi connectivity index (χ4v) is 3.80. The Morgan fingerprint density at radius 3 is 2.56 bits per heavy atom. The first-order valence-electron chi connectivity index (χ1n) is 9.58. The second kappa shape index (κ2) is 9.36. The van der Waals surface area contributed by atoms with Gasteiger partial charge in [-0.15, -0.1) is 0 Å². The molecule has 0 aromatic heterocycles. The first-order chi connectivity index (χ1) is 13.0. The number of halogens is 1. The number of amides is 1. The van der Waals surface area contributed by atoms with Gasteiger partial charge in [-0.05, 0) is 37.5 Å². The van der Waals surface area contributed by atoms with E-state index in [9.17, 15) is 4.79 Å². The van der Waals surface area contributed by atoms with Gasteiger partial charge in [0, 0.05) is 36.7 Å². The summed E-state index contributed by atoms with van der Waals surface area (Å²) in [7, 11) is 0. The normalized spacial score (nSPS) is 20.1. The number of hydrogen-bond donors (Lipinski definition) is 2. The third kappa shape index (κ3) is 5.55. The van der Waals surface area contributed by atoms with Crippen LogP contribution in [0.3, 0.4) is 0 Å². The number of hydrogen-bond acceptors (Lipinski definition) is 3. The van der Waals surface area contributed by atoms with E-state index in [1.165, 1.54) is 5.56 Å². The zero-order chi connectivity index (χ0) is 19.2. The summed E-state index contributed by atoms with van der Waals surface area (Å²) in [5.74, 6) is 0.114. The van der Waals surface area contributed by atoms with E-state index in [-0.39, 0.29) is 24.0 Å². The lowest BCUT2D eigenvalue weighted by molar-refractivity contribution is -0.126. The maximum Gasteiger partial charge on any atom is 0.237 e. The molecule has 0 aliphatic carbocycles. The van der Waals surface area contributed by atoms with Gasteiger partial charge >= 0.3 is 0 Å². The van der Waals surface area contributed by atoms with Gasteiger partial charge in [0.05, 0.1) is 6.04 Å². The van der Waals surface area contributed by atoms with Crippen LogP contribution in [0, 0.1) is 0 Å². The van der Waals surface area contributed by atoms with E-state index in [0.717, 1.165) is 30.1 Å². The lowest BCUT2D eigenvalue weighted by Gasteiger charge is -2.24. The molecule has 2 N–H and O–H groups in total. The van der Waals surface area contributed by atoms with Crippen LogP contribution in [0.15, 0.2) is 54.6 Å². The summed E-state index contributed by atoms with van der Waals surface area (Å²) < 4.78 is 0. The van der Waals surface area contributed by atoms with Crippen LogP contribution >= 0.6 is 11.6 Å². The number of rotatable bonds is 7. The first kappa shape index (κ1) is 19.9. The van der Waals surface area contributed by atoms with Crippen molar-refractivity contribution in [3.05, 3.63) is 70.7 Å². The Bertz CT molecular complexity index is 750. The highest BCUT2D eigenvalue weighted by molar-refractivity contribution is 6.31. The second-order valence-corrected chi connectivity index (χ2v) is 7.91. The van der Waals surface area contributed by atoms with E-state index in [0.29, 0.717) is 6.54 Å². The van der Waals surface area contributed by atoms with E-state index >= 15 is 0 Å². The molecule has 1 heterocycles. The molecule has 0 radical (unpaired) electrons. The summed E-state index contributed by atoms with van der Waals surface area (Å²) in [4.78, 5) is 15.0. The molecule has 144 valence electrons. The van der Waals surface area contributed by atoms with Crippen molar-refractivity contribution in [3.63, 3.8) is 0 Å². The molecule has 1 fully saturated rings. The Balaban J connectivity index is 1.66. The van der Waals surface area contributed by atoms with Crippen molar-refractivity contribution in [2.45, 2.75) is 51.5 Å². The monoisotopic (exact) mass is 385 g/mol. The van der Waals surface area contributed by atoms with Crippen molar-refractivity contribution in [2.24, 2.45) is 0 Å². The average Bonchev–Trinajstić information content (AvgIpc) is 3.04. The number of carbonyl (C=O) groups is 1. The van der Waals surface area contributed by atoms with Crippen LogP contribution in [0.2, 0.25) is 5.02 Å². The van der Waals surface area contributed by atoms with Crippen LogP contribution in [-0.4, -0.2) is 35.5 Å². The smallest absolute Gasteiger partial charge is 0.237 e. The van der Waals surface area contributed by atoms with Crippen molar-refractivity contribution in [2.75, 3.05) is 6.54 Å². The van der Waals surface area contributed by atoms with Crippen molar-refractivity contribution < 1.29 is 4.79 Å². The molecular weight excluding hydrogens is 358 g/mol. The molecule has 2 aromatic rings. The number of carbonyl (C=O) groups excluding carboxylic acids is 1.